The molecule has 0 fully saturated rings. The first-order valence-electron chi connectivity index (χ1n) is 5.45. The summed E-state index contributed by atoms with van der Waals surface area (Å²) in [6, 6.07) is 0. The highest BCUT2D eigenvalue weighted by molar-refractivity contribution is 7.27. The van der Waals surface area contributed by atoms with Gasteiger partial charge in [-0.3, -0.25) is 0 Å². The van der Waals surface area contributed by atoms with Gasteiger partial charge in [-0.2, -0.15) is 0 Å². The number of hydrogen-bond donors (Lipinski definition) is 2. The van der Waals surface area contributed by atoms with Crippen LogP contribution in [0.4, 0.5) is 0 Å². The van der Waals surface area contributed by atoms with E-state index in [1.54, 1.807) is 0 Å². The van der Waals surface area contributed by atoms with Crippen molar-refractivity contribution < 1.29 is 25.0 Å². The second kappa shape index (κ2) is 24.9. The van der Waals surface area contributed by atoms with E-state index in [1.165, 1.54) is 0 Å². The van der Waals surface area contributed by atoms with Crippen LogP contribution in [-0.4, -0.2) is 26.2 Å². The second-order valence-corrected chi connectivity index (χ2v) is 3.35. The first-order chi connectivity index (χ1) is 8.56. The van der Waals surface area contributed by atoms with Crippen LogP contribution in [0.5, 0.6) is 0 Å². The number of quaternary nitrogens is 2. The Morgan fingerprint density at radius 3 is 1.06 bits per heavy atom. The maximum atomic E-state index is 8.48. The lowest BCUT2D eigenvalue weighted by Crippen LogP contribution is -2.83. The van der Waals surface area contributed by atoms with Crippen LogP contribution in [0, 0.1) is 0 Å². The molecule has 4 N–H and O–H groups in total. The molecule has 0 aromatic rings. The lowest BCUT2D eigenvalue weighted by molar-refractivity contribution is -0.637. The summed E-state index contributed by atoms with van der Waals surface area (Å²) in [5, 5.41) is 4.25. The third-order valence-corrected chi connectivity index (χ3v) is 1.33. The van der Waals surface area contributed by atoms with E-state index >= 15 is 0 Å². The molecule has 0 unspecified atom stereocenters. The molecule has 0 radical (unpaired) electrons. The largest absolute Gasteiger partial charge is 0.598 e. The predicted molar refractivity (Wildman–Crippen MR) is 71.7 cm³/mol. The van der Waals surface area contributed by atoms with Crippen molar-refractivity contribution >= 4 is 8.25 Å². The molecule has 0 saturated heterocycles. The van der Waals surface area contributed by atoms with Crippen molar-refractivity contribution in [2.75, 3.05) is 26.2 Å². The minimum atomic E-state index is -3.37. The van der Waals surface area contributed by atoms with Crippen LogP contribution in [-0.2, 0) is 4.57 Å². The predicted octanol–water partition coefficient (Wildman–Crippen LogP) is -1.79. The molecule has 0 aliphatic rings. The van der Waals surface area contributed by atoms with E-state index in [-0.39, 0.29) is 0 Å². The van der Waals surface area contributed by atoms with Gasteiger partial charge in [-0.25, -0.2) is 0 Å². The standard InChI is InChI=1S/2C6H11N.HO3P/c2*1-3-5-7-6-4-2;1-4(2)3/h2*3-4,7H,1-2,5-6H2;(H,1,2,3)/p+1. The van der Waals surface area contributed by atoms with E-state index in [0.717, 1.165) is 26.2 Å². The van der Waals surface area contributed by atoms with Crippen molar-refractivity contribution in [3.8, 4) is 0 Å². The average molecular weight is 275 g/mol. The Labute approximate surface area is 111 Å². The van der Waals surface area contributed by atoms with Gasteiger partial charge in [0.1, 0.15) is 0 Å². The SMILES string of the molecule is C=CC[NH2+]CC=C.C=CC[NH2+]CC=C.O=[P+]([O-])[O-]. The van der Waals surface area contributed by atoms with Gasteiger partial charge < -0.3 is 20.4 Å². The highest BCUT2D eigenvalue weighted by Crippen LogP contribution is 1.79. The minimum Gasteiger partial charge on any atom is -0.598 e. The van der Waals surface area contributed by atoms with Crippen LogP contribution in [0.1, 0.15) is 0 Å². The van der Waals surface area contributed by atoms with E-state index in [9.17, 15) is 0 Å². The molecule has 0 rings (SSSR count). The molecule has 0 atom stereocenters. The molecule has 0 saturated carbocycles. The Hall–Kier alpha value is -1.10. The zero-order chi connectivity index (χ0) is 14.6. The fourth-order valence-electron chi connectivity index (χ4n) is 0.664. The van der Waals surface area contributed by atoms with Gasteiger partial charge in [0, 0.05) is 0 Å². The van der Waals surface area contributed by atoms with Gasteiger partial charge >= 0.3 is 0 Å². The summed E-state index contributed by atoms with van der Waals surface area (Å²) >= 11 is 0. The van der Waals surface area contributed by atoms with Crippen molar-refractivity contribution in [3.63, 3.8) is 0 Å². The Balaban J connectivity index is -0.000000196. The van der Waals surface area contributed by atoms with E-state index in [1.807, 2.05) is 24.3 Å². The highest BCUT2D eigenvalue weighted by Gasteiger charge is 1.74. The zero-order valence-corrected chi connectivity index (χ0v) is 11.7. The first-order valence-corrected chi connectivity index (χ1v) is 6.54. The number of nitrogens with two attached hydrogens (primary N) is 2. The fraction of sp³-hybridized carbons (Fsp3) is 0.333. The smallest absolute Gasteiger partial charge is 0.276 e. The van der Waals surface area contributed by atoms with Crippen LogP contribution in [0.3, 0.4) is 0 Å². The van der Waals surface area contributed by atoms with E-state index in [4.69, 9.17) is 14.4 Å². The maximum Gasteiger partial charge on any atom is 0.276 e. The summed E-state index contributed by atoms with van der Waals surface area (Å²) in [6.07, 6.45) is 7.51. The third kappa shape index (κ3) is 60.5. The van der Waals surface area contributed by atoms with Gasteiger partial charge in [0.05, 0.1) is 26.2 Å². The van der Waals surface area contributed by atoms with Crippen LogP contribution < -0.4 is 20.4 Å². The van der Waals surface area contributed by atoms with Crippen molar-refractivity contribution in [2.45, 2.75) is 0 Å². The van der Waals surface area contributed by atoms with E-state index in [0.29, 0.717) is 0 Å². The molecular formula is C12H24N2O3P+. The maximum absolute atomic E-state index is 8.48. The van der Waals surface area contributed by atoms with E-state index < -0.39 is 8.25 Å². The van der Waals surface area contributed by atoms with Gasteiger partial charge in [-0.1, -0.05) is 30.9 Å². The molecule has 6 heteroatoms. The summed E-state index contributed by atoms with van der Waals surface area (Å²) in [6.45, 7) is 18.2. The summed E-state index contributed by atoms with van der Waals surface area (Å²) in [7, 11) is -3.37. The molecule has 0 spiro atoms. The molecule has 0 aromatic carbocycles. The monoisotopic (exact) mass is 275 g/mol. The second-order valence-electron chi connectivity index (χ2n) is 2.90. The normalized spacial score (nSPS) is 7.67. The zero-order valence-electron chi connectivity index (χ0n) is 10.8. The lowest BCUT2D eigenvalue weighted by Gasteiger charge is -1.86. The quantitative estimate of drug-likeness (QED) is 0.311. The molecular weight excluding hydrogens is 251 g/mol. The molecule has 104 valence electrons. The molecule has 18 heavy (non-hydrogen) atoms. The Bertz CT molecular complexity index is 195. The van der Waals surface area contributed by atoms with E-state index in [2.05, 4.69) is 36.9 Å². The number of hydrogen-bond acceptors (Lipinski definition) is 3. The molecule has 0 aromatic heterocycles. The van der Waals surface area contributed by atoms with Gasteiger partial charge in [0.2, 0.25) is 0 Å². The van der Waals surface area contributed by atoms with Gasteiger partial charge in [0.15, 0.2) is 0 Å². The first kappa shape index (κ1) is 22.1. The summed E-state index contributed by atoms with van der Waals surface area (Å²) in [5.41, 5.74) is 0. The fourth-order valence-corrected chi connectivity index (χ4v) is 0.664. The Kier molecular flexibility index (Phi) is 30.6. The average Bonchev–Trinajstić information content (AvgIpc) is 2.31. The topological polar surface area (TPSA) is 96.4 Å². The summed E-state index contributed by atoms with van der Waals surface area (Å²) in [5.74, 6) is 0. The van der Waals surface area contributed by atoms with Gasteiger partial charge in [0.25, 0.3) is 8.25 Å². The molecule has 0 aliphatic heterocycles. The Morgan fingerprint density at radius 2 is 0.944 bits per heavy atom. The van der Waals surface area contributed by atoms with Gasteiger partial charge in [-0.05, 0) is 24.3 Å². The molecule has 0 aliphatic carbocycles. The molecule has 0 bridgehead atoms. The van der Waals surface area contributed by atoms with Crippen molar-refractivity contribution in [2.24, 2.45) is 0 Å². The van der Waals surface area contributed by atoms with Crippen LogP contribution >= 0.6 is 8.25 Å². The number of rotatable bonds is 8. The minimum absolute atomic E-state index is 0.992. The van der Waals surface area contributed by atoms with Crippen molar-refractivity contribution in [3.05, 3.63) is 50.6 Å². The third-order valence-electron chi connectivity index (χ3n) is 1.33. The summed E-state index contributed by atoms with van der Waals surface area (Å²) < 4.78 is 8.48. The summed E-state index contributed by atoms with van der Waals surface area (Å²) in [4.78, 5) is 17.0. The van der Waals surface area contributed by atoms with Crippen molar-refractivity contribution in [1.82, 2.24) is 0 Å². The lowest BCUT2D eigenvalue weighted by atomic mass is 10.5. The molecule has 0 heterocycles. The van der Waals surface area contributed by atoms with Crippen molar-refractivity contribution in [1.29, 1.82) is 0 Å². The van der Waals surface area contributed by atoms with Crippen LogP contribution in [0.15, 0.2) is 50.6 Å². The Morgan fingerprint density at radius 1 is 0.778 bits per heavy atom. The molecule has 0 amide bonds. The molecule has 5 nitrogen and oxygen atoms in total. The van der Waals surface area contributed by atoms with Gasteiger partial charge in [-0.15, -0.1) is 0 Å². The van der Waals surface area contributed by atoms with Crippen LogP contribution in [0.2, 0.25) is 0 Å². The highest BCUT2D eigenvalue weighted by atomic mass is 31.1. The van der Waals surface area contributed by atoms with Crippen LogP contribution in [0.25, 0.3) is 0 Å².